The van der Waals surface area contributed by atoms with Crippen molar-refractivity contribution in [2.24, 2.45) is 0 Å². The van der Waals surface area contributed by atoms with Crippen LogP contribution < -0.4 is 29.4 Å². The molecule has 10 heteroatoms. The number of thioether (sulfide) groups is 1. The van der Waals surface area contributed by atoms with Crippen LogP contribution in [-0.4, -0.2) is 43.6 Å². The van der Waals surface area contributed by atoms with E-state index in [2.05, 4.69) is 4.98 Å². The fraction of sp³-hybridized carbons (Fsp3) is 0.304. The molecule has 0 fully saturated rings. The topological polar surface area (TPSA) is 97.6 Å². The van der Waals surface area contributed by atoms with Gasteiger partial charge in [0.05, 0.1) is 38.1 Å². The Morgan fingerprint density at radius 2 is 1.85 bits per heavy atom. The molecule has 0 aliphatic carbocycles. The Kier molecular flexibility index (Phi) is 6.28. The Hall–Kier alpha value is -3.53. The quantitative estimate of drug-likeness (QED) is 0.438. The molecule has 9 nitrogen and oxygen atoms in total. The summed E-state index contributed by atoms with van der Waals surface area (Å²) in [6, 6.07) is 10.9. The number of aromatic amines is 1. The zero-order valence-corrected chi connectivity index (χ0v) is 19.9. The number of nitrogens with zero attached hydrogens (tertiary/aromatic N) is 3. The molecular formula is C23H25N4O5S+. The van der Waals surface area contributed by atoms with Gasteiger partial charge in [-0.05, 0) is 35.2 Å². The molecule has 0 radical (unpaired) electrons. The van der Waals surface area contributed by atoms with Gasteiger partial charge >= 0.3 is 11.3 Å². The molecule has 2 aromatic carbocycles. The van der Waals surface area contributed by atoms with E-state index >= 15 is 0 Å². The minimum atomic E-state index is -0.787. The van der Waals surface area contributed by atoms with Crippen molar-refractivity contribution in [3.05, 3.63) is 52.3 Å². The van der Waals surface area contributed by atoms with E-state index < -0.39 is 6.17 Å². The van der Waals surface area contributed by atoms with Crippen molar-refractivity contribution in [2.75, 3.05) is 32.5 Å². The Labute approximate surface area is 195 Å². The number of methoxy groups -OCH3 is 3. The molecule has 1 amide bonds. The maximum atomic E-state index is 13.3. The maximum Gasteiger partial charge on any atom is 0.325 e. The van der Waals surface area contributed by atoms with Crippen molar-refractivity contribution in [1.29, 1.82) is 0 Å². The average molecular weight is 470 g/mol. The van der Waals surface area contributed by atoms with Crippen molar-refractivity contribution < 1.29 is 23.7 Å². The van der Waals surface area contributed by atoms with Gasteiger partial charge in [-0.25, -0.2) is 4.90 Å². The van der Waals surface area contributed by atoms with Gasteiger partial charge in [-0.2, -0.15) is 0 Å². The van der Waals surface area contributed by atoms with E-state index in [4.69, 9.17) is 19.3 Å². The van der Waals surface area contributed by atoms with Crippen LogP contribution in [0.3, 0.4) is 0 Å². The number of ether oxygens (including phenoxy) is 3. The lowest BCUT2D eigenvalue weighted by atomic mass is 10.00. The zero-order chi connectivity index (χ0) is 23.7. The average Bonchev–Trinajstić information content (AvgIpc) is 2.85. The first-order valence-corrected chi connectivity index (χ1v) is 11.5. The number of aromatic nitrogens is 3. The normalized spacial score (nSPS) is 14.3. The number of carbonyl (C=O) groups is 1. The largest absolute Gasteiger partial charge is 0.493 e. The molecule has 0 bridgehead atoms. The number of hydrogen-bond acceptors (Lipinski definition) is 7. The van der Waals surface area contributed by atoms with Crippen LogP contribution in [0.2, 0.25) is 0 Å². The molecule has 0 saturated heterocycles. The molecule has 4 rings (SSSR count). The van der Waals surface area contributed by atoms with Gasteiger partial charge < -0.3 is 14.2 Å². The predicted molar refractivity (Wildman–Crippen MR) is 124 cm³/mol. The number of H-pyrrole nitrogens is 1. The second kappa shape index (κ2) is 9.14. The Morgan fingerprint density at radius 3 is 2.48 bits per heavy atom. The van der Waals surface area contributed by atoms with E-state index in [1.165, 1.54) is 33.1 Å². The van der Waals surface area contributed by atoms with Gasteiger partial charge in [0.1, 0.15) is 0 Å². The van der Waals surface area contributed by atoms with E-state index in [0.717, 1.165) is 0 Å². The summed E-state index contributed by atoms with van der Waals surface area (Å²) in [6.07, 6.45) is 1.29. The second-order valence-electron chi connectivity index (χ2n) is 7.19. The van der Waals surface area contributed by atoms with Crippen molar-refractivity contribution in [3.63, 3.8) is 0 Å². The summed E-state index contributed by atoms with van der Waals surface area (Å²) in [6.45, 7) is 1.80. The van der Waals surface area contributed by atoms with Crippen molar-refractivity contribution >= 4 is 23.4 Å². The van der Waals surface area contributed by atoms with E-state index in [1.54, 1.807) is 28.6 Å². The van der Waals surface area contributed by atoms with Crippen LogP contribution in [0.5, 0.6) is 17.2 Å². The lowest BCUT2D eigenvalue weighted by Crippen LogP contribution is -2.61. The van der Waals surface area contributed by atoms with Crippen LogP contribution in [0.1, 0.15) is 25.1 Å². The Balaban J connectivity index is 2.13. The minimum Gasteiger partial charge on any atom is -0.493 e. The molecule has 1 aromatic heterocycles. The summed E-state index contributed by atoms with van der Waals surface area (Å²) >= 11 is 1.31. The molecule has 1 N–H and O–H groups in total. The summed E-state index contributed by atoms with van der Waals surface area (Å²) < 4.78 is 18.3. The molecule has 1 atom stereocenters. The molecular weight excluding hydrogens is 444 g/mol. The highest BCUT2D eigenvalue weighted by Crippen LogP contribution is 2.45. The zero-order valence-electron chi connectivity index (χ0n) is 19.0. The van der Waals surface area contributed by atoms with Crippen LogP contribution in [-0.2, 0) is 4.79 Å². The minimum absolute atomic E-state index is 0.129. The summed E-state index contributed by atoms with van der Waals surface area (Å²) in [4.78, 5) is 31.0. The molecule has 1 unspecified atom stereocenters. The summed E-state index contributed by atoms with van der Waals surface area (Å²) in [5.74, 6) is 1.13. The van der Waals surface area contributed by atoms with Gasteiger partial charge in [-0.1, -0.05) is 30.8 Å². The number of nitrogens with one attached hydrogen (secondary N) is 1. The van der Waals surface area contributed by atoms with Crippen LogP contribution in [0.15, 0.2) is 46.3 Å². The van der Waals surface area contributed by atoms with Crippen LogP contribution in [0.25, 0.3) is 11.3 Å². The molecule has 172 valence electrons. The fourth-order valence-electron chi connectivity index (χ4n) is 4.11. The summed E-state index contributed by atoms with van der Waals surface area (Å²) in [5.41, 5.74) is 1.90. The van der Waals surface area contributed by atoms with Gasteiger partial charge in [-0.3, -0.25) is 14.6 Å². The smallest absolute Gasteiger partial charge is 0.325 e. The van der Waals surface area contributed by atoms with Crippen LogP contribution in [0.4, 0.5) is 5.69 Å². The number of rotatable bonds is 6. The highest BCUT2D eigenvalue weighted by molar-refractivity contribution is 7.98. The lowest BCUT2D eigenvalue weighted by molar-refractivity contribution is -0.763. The van der Waals surface area contributed by atoms with E-state index in [9.17, 15) is 9.59 Å². The van der Waals surface area contributed by atoms with E-state index in [-0.39, 0.29) is 17.9 Å². The van der Waals surface area contributed by atoms with Crippen molar-refractivity contribution in [1.82, 2.24) is 10.1 Å². The van der Waals surface area contributed by atoms with E-state index in [0.29, 0.717) is 44.9 Å². The first-order chi connectivity index (χ1) is 16.0. The summed E-state index contributed by atoms with van der Waals surface area (Å²) in [7, 11) is 4.58. The SMILES string of the molecule is CCC(=O)N1c2ccccc2-c2c(=O)[nH]c(SC)n[n+]2C1c1ccc(OC)c(OC)c1OC. The van der Waals surface area contributed by atoms with Gasteiger partial charge in [-0.15, -0.1) is 0 Å². The number of amides is 1. The molecule has 1 aliphatic heterocycles. The lowest BCUT2D eigenvalue weighted by Gasteiger charge is -2.32. The van der Waals surface area contributed by atoms with Crippen molar-refractivity contribution in [2.45, 2.75) is 24.7 Å². The van der Waals surface area contributed by atoms with Crippen molar-refractivity contribution in [3.8, 4) is 28.5 Å². The standard InChI is InChI=1S/C23H24N4O5S/c1-6-17(28)26-15-10-8-7-9-13(15)18-21(29)24-23(33-5)25-27(18)22(26)14-11-12-16(30-2)20(32-4)19(14)31-3/h7-12,22H,6H2,1-5H3/p+1. The highest BCUT2D eigenvalue weighted by atomic mass is 32.2. The summed E-state index contributed by atoms with van der Waals surface area (Å²) in [5, 5.41) is 5.12. The number of benzene rings is 2. The third-order valence-corrected chi connectivity index (χ3v) is 6.11. The Bertz CT molecular complexity index is 1280. The number of fused-ring (bicyclic) bond motifs is 3. The molecule has 3 aromatic rings. The predicted octanol–water partition coefficient (Wildman–Crippen LogP) is 2.78. The Morgan fingerprint density at radius 1 is 1.12 bits per heavy atom. The molecule has 0 spiro atoms. The molecule has 2 heterocycles. The van der Waals surface area contributed by atoms with Gasteiger partial charge in [0.2, 0.25) is 16.8 Å². The number of anilines is 1. The van der Waals surface area contributed by atoms with Crippen LogP contribution >= 0.6 is 11.8 Å². The van der Waals surface area contributed by atoms with Gasteiger partial charge in [0.15, 0.2) is 11.5 Å². The third-order valence-electron chi connectivity index (χ3n) is 5.54. The van der Waals surface area contributed by atoms with Gasteiger partial charge in [0.25, 0.3) is 6.17 Å². The second-order valence-corrected chi connectivity index (χ2v) is 7.98. The number of para-hydroxylation sites is 1. The molecule has 33 heavy (non-hydrogen) atoms. The molecule has 0 saturated carbocycles. The highest BCUT2D eigenvalue weighted by Gasteiger charge is 2.47. The first-order valence-electron chi connectivity index (χ1n) is 10.3. The first kappa shape index (κ1) is 22.7. The number of carbonyl (C=O) groups excluding carboxylic acids is 1. The molecule has 1 aliphatic rings. The third kappa shape index (κ3) is 3.60. The monoisotopic (exact) mass is 469 g/mol. The van der Waals surface area contributed by atoms with Crippen LogP contribution in [0, 0.1) is 0 Å². The van der Waals surface area contributed by atoms with Gasteiger partial charge in [0, 0.05) is 11.5 Å². The number of hydrogen-bond donors (Lipinski definition) is 1. The fourth-order valence-corrected chi connectivity index (χ4v) is 4.48. The van der Waals surface area contributed by atoms with E-state index in [1.807, 2.05) is 30.5 Å². The maximum absolute atomic E-state index is 13.3.